The number of aromatic amines is 1. The Hall–Kier alpha value is -1.15. The van der Waals surface area contributed by atoms with Crippen LogP contribution in [0.5, 0.6) is 0 Å². The fraction of sp³-hybridized carbons (Fsp3) is 0.143. The van der Waals surface area contributed by atoms with Crippen molar-refractivity contribution in [2.24, 2.45) is 0 Å². The molecule has 3 aromatic rings. The predicted octanol–water partition coefficient (Wildman–Crippen LogP) is 3.51. The Balaban J connectivity index is 1.69. The van der Waals surface area contributed by atoms with E-state index in [1.165, 1.54) is 11.3 Å². The third kappa shape index (κ3) is 3.21. The minimum atomic E-state index is -3.42. The van der Waals surface area contributed by atoms with Gasteiger partial charge in [-0.05, 0) is 46.1 Å². The Bertz CT molecular complexity index is 868. The average Bonchev–Trinajstić information content (AvgIpc) is 3.06. The minimum absolute atomic E-state index is 0.327. The van der Waals surface area contributed by atoms with Crippen LogP contribution in [-0.2, 0) is 16.4 Å². The van der Waals surface area contributed by atoms with Crippen molar-refractivity contribution in [2.45, 2.75) is 10.6 Å². The molecule has 4 nitrogen and oxygen atoms in total. The summed E-state index contributed by atoms with van der Waals surface area (Å²) in [7, 11) is -3.42. The standard InChI is InChI=1S/C14H13BrN2O2S2/c15-13-5-6-14(20-13)21(18,19)17-8-7-10-9-16-12-4-2-1-3-11(10)12/h1-6,9,16-17H,7-8H2. The van der Waals surface area contributed by atoms with Crippen molar-refractivity contribution in [2.75, 3.05) is 6.54 Å². The molecule has 0 aliphatic rings. The van der Waals surface area contributed by atoms with Crippen molar-refractivity contribution in [3.8, 4) is 0 Å². The number of rotatable bonds is 5. The summed E-state index contributed by atoms with van der Waals surface area (Å²) in [4.78, 5) is 3.19. The highest BCUT2D eigenvalue weighted by molar-refractivity contribution is 9.11. The quantitative estimate of drug-likeness (QED) is 0.706. The molecule has 0 saturated heterocycles. The molecular weight excluding hydrogens is 372 g/mol. The lowest BCUT2D eigenvalue weighted by molar-refractivity contribution is 0.584. The largest absolute Gasteiger partial charge is 0.361 e. The van der Waals surface area contributed by atoms with E-state index in [1.807, 2.05) is 30.5 Å². The van der Waals surface area contributed by atoms with Gasteiger partial charge in [0.1, 0.15) is 4.21 Å². The van der Waals surface area contributed by atoms with Gasteiger partial charge in [-0.3, -0.25) is 0 Å². The van der Waals surface area contributed by atoms with Crippen LogP contribution in [0, 0.1) is 0 Å². The summed E-state index contributed by atoms with van der Waals surface area (Å²) in [6.07, 6.45) is 2.58. The van der Waals surface area contributed by atoms with Crippen LogP contribution in [0.2, 0.25) is 0 Å². The molecule has 0 unspecified atom stereocenters. The van der Waals surface area contributed by atoms with Crippen LogP contribution in [-0.4, -0.2) is 19.9 Å². The second-order valence-electron chi connectivity index (χ2n) is 4.57. The van der Waals surface area contributed by atoms with Crippen LogP contribution in [0.3, 0.4) is 0 Å². The van der Waals surface area contributed by atoms with E-state index in [4.69, 9.17) is 0 Å². The molecule has 1 aromatic carbocycles. The highest BCUT2D eigenvalue weighted by atomic mass is 79.9. The normalized spacial score (nSPS) is 12.0. The Morgan fingerprint density at radius 1 is 1.19 bits per heavy atom. The maximum absolute atomic E-state index is 12.1. The smallest absolute Gasteiger partial charge is 0.250 e. The van der Waals surface area contributed by atoms with Gasteiger partial charge < -0.3 is 4.98 Å². The summed E-state index contributed by atoms with van der Waals surface area (Å²) in [6, 6.07) is 11.3. The number of benzene rings is 1. The van der Waals surface area contributed by atoms with Gasteiger partial charge in [-0.25, -0.2) is 13.1 Å². The predicted molar refractivity (Wildman–Crippen MR) is 89.2 cm³/mol. The summed E-state index contributed by atoms with van der Waals surface area (Å²) in [6.45, 7) is 0.375. The number of hydrogen-bond acceptors (Lipinski definition) is 3. The van der Waals surface area contributed by atoms with Gasteiger partial charge in [0.2, 0.25) is 10.0 Å². The Kier molecular flexibility index (Phi) is 4.17. The third-order valence-electron chi connectivity index (χ3n) is 3.17. The van der Waals surface area contributed by atoms with Gasteiger partial charge in [0.15, 0.2) is 0 Å². The Morgan fingerprint density at radius 2 is 2.00 bits per heavy atom. The van der Waals surface area contributed by atoms with Crippen LogP contribution in [0.1, 0.15) is 5.56 Å². The summed E-state index contributed by atoms with van der Waals surface area (Å²) >= 11 is 4.48. The van der Waals surface area contributed by atoms with E-state index >= 15 is 0 Å². The molecule has 2 aromatic heterocycles. The van der Waals surface area contributed by atoms with E-state index in [1.54, 1.807) is 12.1 Å². The van der Waals surface area contributed by atoms with Gasteiger partial charge in [-0.2, -0.15) is 0 Å². The molecule has 21 heavy (non-hydrogen) atoms. The van der Waals surface area contributed by atoms with Gasteiger partial charge in [0.25, 0.3) is 0 Å². The number of sulfonamides is 1. The maximum Gasteiger partial charge on any atom is 0.250 e. The fourth-order valence-corrected chi connectivity index (χ4v) is 5.26. The van der Waals surface area contributed by atoms with E-state index in [-0.39, 0.29) is 0 Å². The lowest BCUT2D eigenvalue weighted by Crippen LogP contribution is -2.25. The first-order chi connectivity index (χ1) is 10.1. The molecule has 7 heteroatoms. The van der Waals surface area contributed by atoms with Crippen LogP contribution < -0.4 is 4.72 Å². The summed E-state index contributed by atoms with van der Waals surface area (Å²) in [5.74, 6) is 0. The van der Waals surface area contributed by atoms with Crippen LogP contribution >= 0.6 is 27.3 Å². The molecule has 0 radical (unpaired) electrons. The van der Waals surface area contributed by atoms with E-state index in [9.17, 15) is 8.42 Å². The topological polar surface area (TPSA) is 62.0 Å². The molecule has 2 N–H and O–H groups in total. The number of H-pyrrole nitrogens is 1. The van der Waals surface area contributed by atoms with Crippen molar-refractivity contribution in [1.29, 1.82) is 0 Å². The second-order valence-corrected chi connectivity index (χ2v) is 9.02. The van der Waals surface area contributed by atoms with Crippen LogP contribution in [0.4, 0.5) is 0 Å². The molecule has 0 aliphatic carbocycles. The lowest BCUT2D eigenvalue weighted by Gasteiger charge is -2.04. The molecule has 0 bridgehead atoms. The molecule has 110 valence electrons. The van der Waals surface area contributed by atoms with Crippen molar-refractivity contribution in [3.05, 3.63) is 51.9 Å². The molecule has 0 aliphatic heterocycles. The van der Waals surface area contributed by atoms with E-state index < -0.39 is 10.0 Å². The van der Waals surface area contributed by atoms with E-state index in [0.717, 1.165) is 20.3 Å². The van der Waals surface area contributed by atoms with Crippen molar-refractivity contribution < 1.29 is 8.42 Å². The van der Waals surface area contributed by atoms with Gasteiger partial charge >= 0.3 is 0 Å². The first-order valence-corrected chi connectivity index (χ1v) is 9.45. The van der Waals surface area contributed by atoms with Crippen LogP contribution in [0.15, 0.2) is 50.6 Å². The average molecular weight is 385 g/mol. The summed E-state index contributed by atoms with van der Waals surface area (Å²) < 4.78 is 28.0. The maximum atomic E-state index is 12.1. The summed E-state index contributed by atoms with van der Waals surface area (Å²) in [5, 5.41) is 1.13. The van der Waals surface area contributed by atoms with Gasteiger partial charge in [-0.15, -0.1) is 11.3 Å². The van der Waals surface area contributed by atoms with Crippen molar-refractivity contribution in [3.63, 3.8) is 0 Å². The number of hydrogen-bond donors (Lipinski definition) is 2. The third-order valence-corrected chi connectivity index (χ3v) is 6.75. The van der Waals surface area contributed by atoms with Gasteiger partial charge in [0, 0.05) is 23.6 Å². The molecule has 0 atom stereocenters. The summed E-state index contributed by atoms with van der Waals surface area (Å²) in [5.41, 5.74) is 2.18. The number of aromatic nitrogens is 1. The zero-order valence-electron chi connectivity index (χ0n) is 11.0. The monoisotopic (exact) mass is 384 g/mol. The Labute approximate surface area is 135 Å². The zero-order valence-corrected chi connectivity index (χ0v) is 14.2. The van der Waals surface area contributed by atoms with Gasteiger partial charge in [0.05, 0.1) is 3.79 Å². The number of halogens is 1. The molecule has 0 amide bonds. The van der Waals surface area contributed by atoms with Crippen molar-refractivity contribution >= 4 is 48.2 Å². The molecule has 0 fully saturated rings. The first kappa shape index (κ1) is 14.8. The second kappa shape index (κ2) is 5.92. The number of nitrogens with one attached hydrogen (secondary N) is 2. The molecule has 0 saturated carbocycles. The van der Waals surface area contributed by atoms with E-state index in [2.05, 4.69) is 25.6 Å². The van der Waals surface area contributed by atoms with Crippen LogP contribution in [0.25, 0.3) is 10.9 Å². The lowest BCUT2D eigenvalue weighted by atomic mass is 10.1. The highest BCUT2D eigenvalue weighted by Gasteiger charge is 2.16. The molecule has 2 heterocycles. The molecular formula is C14H13BrN2O2S2. The highest BCUT2D eigenvalue weighted by Crippen LogP contribution is 2.25. The van der Waals surface area contributed by atoms with E-state index in [0.29, 0.717) is 17.2 Å². The number of thiophene rings is 1. The SMILES string of the molecule is O=S(=O)(NCCc1c[nH]c2ccccc12)c1ccc(Br)s1. The number of fused-ring (bicyclic) bond motifs is 1. The van der Waals surface area contributed by atoms with Gasteiger partial charge in [-0.1, -0.05) is 18.2 Å². The molecule has 3 rings (SSSR count). The number of para-hydroxylation sites is 1. The first-order valence-electron chi connectivity index (χ1n) is 6.36. The van der Waals surface area contributed by atoms with Crippen molar-refractivity contribution in [1.82, 2.24) is 9.71 Å². The fourth-order valence-electron chi connectivity index (χ4n) is 2.17. The minimum Gasteiger partial charge on any atom is -0.361 e. The molecule has 0 spiro atoms. The zero-order chi connectivity index (χ0) is 14.9. The Morgan fingerprint density at radius 3 is 2.76 bits per heavy atom.